The third kappa shape index (κ3) is 4790. The Kier molecular flexibility index (Phi) is 49.0. The molecule has 0 rings (SSSR count). The Hall–Kier alpha value is 0.594. The van der Waals surface area contributed by atoms with E-state index in [1.54, 1.807) is 41.5 Å². The predicted molar refractivity (Wildman–Crippen MR) is 52.1 cm³/mol. The van der Waals surface area contributed by atoms with E-state index in [4.69, 9.17) is 0 Å². The Bertz CT molecular complexity index is 43.9. The number of rotatable bonds is 0. The van der Waals surface area contributed by atoms with E-state index in [-0.39, 0.29) is 29.1 Å². The molecule has 0 aliphatic carbocycles. The topological polar surface area (TPSA) is 69.2 Å². The van der Waals surface area contributed by atoms with Crippen molar-refractivity contribution >= 4 is 0 Å². The fourth-order valence-corrected chi connectivity index (χ4v) is 0. The molecule has 0 amide bonds. The number of hydrogen-bond donors (Lipinski definition) is 0. The fraction of sp³-hybridized carbons (Fsp3) is 1.00. The van der Waals surface area contributed by atoms with E-state index < -0.39 is 18.3 Å². The van der Waals surface area contributed by atoms with Gasteiger partial charge in [-0.2, -0.15) is 0 Å². The molecule has 0 aromatic rings. The van der Waals surface area contributed by atoms with Gasteiger partial charge in [0.2, 0.25) is 0 Å². The summed E-state index contributed by atoms with van der Waals surface area (Å²) in [6.07, 6.45) is -1.25. The van der Waals surface area contributed by atoms with Gasteiger partial charge >= 0.3 is 21.7 Å². The van der Waals surface area contributed by atoms with Gasteiger partial charge in [-0.15, -0.1) is 18.3 Å². The van der Waals surface area contributed by atoms with Crippen LogP contribution in [0, 0.1) is 0 Å². The fourth-order valence-electron chi connectivity index (χ4n) is 0. The van der Waals surface area contributed by atoms with Crippen LogP contribution in [-0.2, 0) is 21.7 Å². The van der Waals surface area contributed by atoms with Crippen molar-refractivity contribution in [3.8, 4) is 0 Å². The summed E-state index contributed by atoms with van der Waals surface area (Å²) in [5.41, 5.74) is 0. The zero-order valence-electron chi connectivity index (χ0n) is 9.46. The van der Waals surface area contributed by atoms with Gasteiger partial charge in [0.05, 0.1) is 0 Å². The molecule has 0 atom stereocenters. The normalized spacial score (nSPS) is 7.71. The molecule has 0 N–H and O–H groups in total. The van der Waals surface area contributed by atoms with Crippen LogP contribution >= 0.6 is 0 Å². The zero-order valence-corrected chi connectivity index (χ0v) is 11.0. The van der Waals surface area contributed by atoms with Crippen LogP contribution in [-0.4, -0.2) is 18.3 Å². The zero-order chi connectivity index (χ0) is 10.7. The van der Waals surface area contributed by atoms with Crippen LogP contribution < -0.4 is 15.3 Å². The second kappa shape index (κ2) is 23.4. The molecule has 0 aromatic carbocycles. The van der Waals surface area contributed by atoms with E-state index in [0.717, 1.165) is 0 Å². The first-order valence-electron chi connectivity index (χ1n) is 4.17. The molecule has 0 aliphatic heterocycles. The Morgan fingerprint density at radius 3 is 0.571 bits per heavy atom. The predicted octanol–water partition coefficient (Wildman–Crippen LogP) is -0.101. The van der Waals surface area contributed by atoms with Crippen molar-refractivity contribution in [2.24, 2.45) is 0 Å². The molecule has 87 valence electrons. The molecular formula is C10H25O3Ti. The van der Waals surface area contributed by atoms with Crippen LogP contribution in [0.25, 0.3) is 0 Å². The first-order valence-corrected chi connectivity index (χ1v) is 4.17. The summed E-state index contributed by atoms with van der Waals surface area (Å²) in [5, 5.41) is 28.6. The van der Waals surface area contributed by atoms with Gasteiger partial charge in [0, 0.05) is 0 Å². The molecule has 14 heavy (non-hydrogen) atoms. The van der Waals surface area contributed by atoms with Gasteiger partial charge in [0.15, 0.2) is 0 Å². The summed E-state index contributed by atoms with van der Waals surface area (Å²) < 4.78 is 0. The van der Waals surface area contributed by atoms with E-state index in [9.17, 15) is 15.3 Å². The summed E-state index contributed by atoms with van der Waals surface area (Å²) in [6.45, 7) is 9.67. The minimum atomic E-state index is -0.417. The molecule has 4 heteroatoms. The van der Waals surface area contributed by atoms with Gasteiger partial charge in [-0.3, -0.25) is 0 Å². The van der Waals surface area contributed by atoms with E-state index in [0.29, 0.717) is 0 Å². The molecule has 0 fully saturated rings. The van der Waals surface area contributed by atoms with E-state index in [1.165, 1.54) is 0 Å². The maximum atomic E-state index is 9.53. The SMILES string of the molecule is C.CC(C)[O-].CC(C)[O-].CC(C)[O-].[Ti+3]. The molecule has 0 saturated heterocycles. The Morgan fingerprint density at radius 2 is 0.571 bits per heavy atom. The molecule has 0 heterocycles. The van der Waals surface area contributed by atoms with E-state index in [2.05, 4.69) is 0 Å². The molecule has 0 bridgehead atoms. The van der Waals surface area contributed by atoms with Crippen LogP contribution in [0.5, 0.6) is 0 Å². The average Bonchev–Trinajstić information content (AvgIpc) is 1.54. The minimum absolute atomic E-state index is 0. The van der Waals surface area contributed by atoms with Crippen molar-refractivity contribution < 1.29 is 37.0 Å². The van der Waals surface area contributed by atoms with Crippen LogP contribution in [0.3, 0.4) is 0 Å². The second-order valence-corrected chi connectivity index (χ2v) is 3.15. The minimum Gasteiger partial charge on any atom is -0.852 e. The van der Waals surface area contributed by atoms with Gasteiger partial charge in [0.1, 0.15) is 0 Å². The standard InChI is InChI=1S/3C3H7O.CH4.Ti/c3*1-3(2)4;;/h3*3H,1-2H3;1H4;/q3*-1;;+3. The number of hydrogen-bond acceptors (Lipinski definition) is 3. The first kappa shape index (κ1) is 29.3. The smallest absolute Gasteiger partial charge is 0.852 e. The second-order valence-electron chi connectivity index (χ2n) is 3.15. The van der Waals surface area contributed by atoms with Crippen LogP contribution in [0.4, 0.5) is 0 Å². The summed E-state index contributed by atoms with van der Waals surface area (Å²) in [7, 11) is 0. The summed E-state index contributed by atoms with van der Waals surface area (Å²) >= 11 is 0. The summed E-state index contributed by atoms with van der Waals surface area (Å²) in [5.74, 6) is 0. The van der Waals surface area contributed by atoms with Crippen molar-refractivity contribution in [2.45, 2.75) is 67.3 Å². The van der Waals surface area contributed by atoms with Gasteiger partial charge in [-0.05, 0) is 0 Å². The maximum Gasteiger partial charge on any atom is 3.00 e. The van der Waals surface area contributed by atoms with Crippen molar-refractivity contribution in [1.29, 1.82) is 0 Å². The van der Waals surface area contributed by atoms with Crippen LogP contribution in [0.15, 0.2) is 0 Å². The van der Waals surface area contributed by atoms with E-state index in [1.807, 2.05) is 0 Å². The molecular weight excluding hydrogens is 216 g/mol. The molecule has 0 spiro atoms. The van der Waals surface area contributed by atoms with Crippen molar-refractivity contribution in [2.75, 3.05) is 0 Å². The van der Waals surface area contributed by atoms with Gasteiger partial charge in [-0.25, -0.2) is 0 Å². The van der Waals surface area contributed by atoms with Crippen molar-refractivity contribution in [1.82, 2.24) is 0 Å². The van der Waals surface area contributed by atoms with Crippen LogP contribution in [0.2, 0.25) is 0 Å². The molecule has 0 aliphatic rings. The quantitative estimate of drug-likeness (QED) is 0.556. The Balaban J connectivity index is -0.0000000270. The third-order valence-electron chi connectivity index (χ3n) is 0. The molecule has 3 nitrogen and oxygen atoms in total. The molecule has 0 saturated carbocycles. The van der Waals surface area contributed by atoms with Gasteiger partial charge in [-0.1, -0.05) is 49.0 Å². The Morgan fingerprint density at radius 1 is 0.571 bits per heavy atom. The molecule has 0 aromatic heterocycles. The summed E-state index contributed by atoms with van der Waals surface area (Å²) in [4.78, 5) is 0. The van der Waals surface area contributed by atoms with Crippen LogP contribution in [0.1, 0.15) is 49.0 Å². The maximum absolute atomic E-state index is 9.53. The largest absolute Gasteiger partial charge is 3.00 e. The molecule has 0 unspecified atom stereocenters. The van der Waals surface area contributed by atoms with Gasteiger partial charge in [0.25, 0.3) is 0 Å². The molecule has 1 radical (unpaired) electrons. The monoisotopic (exact) mass is 241 g/mol. The average molecular weight is 241 g/mol. The van der Waals surface area contributed by atoms with Crippen molar-refractivity contribution in [3.63, 3.8) is 0 Å². The van der Waals surface area contributed by atoms with E-state index >= 15 is 0 Å². The van der Waals surface area contributed by atoms with Gasteiger partial charge < -0.3 is 15.3 Å². The van der Waals surface area contributed by atoms with Crippen molar-refractivity contribution in [3.05, 3.63) is 0 Å². The Labute approximate surface area is 104 Å². The third-order valence-corrected chi connectivity index (χ3v) is 0. The summed E-state index contributed by atoms with van der Waals surface area (Å²) in [6, 6.07) is 0. The first-order chi connectivity index (χ1) is 5.20.